The molecule has 0 aliphatic heterocycles. The maximum Gasteiger partial charge on any atom is 0.311 e. The summed E-state index contributed by atoms with van der Waals surface area (Å²) in [7, 11) is 1.84. The SMILES string of the molecule is Cn1ccnc1CNc1c(Cl)cncc1[N+](=O)[O-]. The maximum atomic E-state index is 10.8. The summed E-state index contributed by atoms with van der Waals surface area (Å²) in [6, 6.07) is 0. The molecule has 94 valence electrons. The molecule has 7 nitrogen and oxygen atoms in total. The average Bonchev–Trinajstić information content (AvgIpc) is 2.73. The van der Waals surface area contributed by atoms with Crippen molar-refractivity contribution in [3.8, 4) is 0 Å². The van der Waals surface area contributed by atoms with E-state index in [1.54, 1.807) is 12.4 Å². The highest BCUT2D eigenvalue weighted by atomic mass is 35.5. The minimum atomic E-state index is -0.528. The summed E-state index contributed by atoms with van der Waals surface area (Å²) in [6.45, 7) is 0.341. The molecule has 0 unspecified atom stereocenters. The van der Waals surface area contributed by atoms with Crippen LogP contribution in [-0.4, -0.2) is 19.5 Å². The van der Waals surface area contributed by atoms with Gasteiger partial charge in [0.15, 0.2) is 0 Å². The molecule has 18 heavy (non-hydrogen) atoms. The molecule has 0 saturated carbocycles. The summed E-state index contributed by atoms with van der Waals surface area (Å²) in [5.41, 5.74) is 0.0939. The number of nitro groups is 1. The fraction of sp³-hybridized carbons (Fsp3) is 0.200. The van der Waals surface area contributed by atoms with E-state index in [0.717, 1.165) is 12.0 Å². The van der Waals surface area contributed by atoms with E-state index in [4.69, 9.17) is 11.6 Å². The highest BCUT2D eigenvalue weighted by Crippen LogP contribution is 2.30. The lowest BCUT2D eigenvalue weighted by molar-refractivity contribution is -0.384. The number of rotatable bonds is 4. The number of nitrogens with zero attached hydrogens (tertiary/aromatic N) is 4. The van der Waals surface area contributed by atoms with Crippen LogP contribution in [-0.2, 0) is 13.6 Å². The molecule has 0 aromatic carbocycles. The lowest BCUT2D eigenvalue weighted by Crippen LogP contribution is -2.08. The predicted molar refractivity (Wildman–Crippen MR) is 66.4 cm³/mol. The van der Waals surface area contributed by atoms with Crippen LogP contribution >= 0.6 is 11.6 Å². The highest BCUT2D eigenvalue weighted by molar-refractivity contribution is 6.33. The predicted octanol–water partition coefficient (Wildman–Crippen LogP) is 1.99. The number of nitrogens with one attached hydrogen (secondary N) is 1. The smallest absolute Gasteiger partial charge is 0.311 e. The molecule has 0 amide bonds. The summed E-state index contributed by atoms with van der Waals surface area (Å²) in [6.07, 6.45) is 5.96. The fourth-order valence-corrected chi connectivity index (χ4v) is 1.69. The van der Waals surface area contributed by atoms with E-state index in [9.17, 15) is 10.1 Å². The highest BCUT2D eigenvalue weighted by Gasteiger charge is 2.17. The first-order valence-corrected chi connectivity index (χ1v) is 5.45. The molecule has 0 saturated heterocycles. The van der Waals surface area contributed by atoms with Gasteiger partial charge in [-0.1, -0.05) is 11.6 Å². The molecule has 0 aliphatic rings. The zero-order chi connectivity index (χ0) is 13.1. The van der Waals surface area contributed by atoms with Gasteiger partial charge in [0.2, 0.25) is 0 Å². The summed E-state index contributed by atoms with van der Waals surface area (Å²) in [5, 5.41) is 14.0. The first kappa shape index (κ1) is 12.3. The van der Waals surface area contributed by atoms with Gasteiger partial charge in [0, 0.05) is 25.6 Å². The number of imidazole rings is 1. The molecule has 0 aliphatic carbocycles. The Labute approximate surface area is 108 Å². The van der Waals surface area contributed by atoms with Crippen molar-refractivity contribution in [2.45, 2.75) is 6.54 Å². The van der Waals surface area contributed by atoms with Crippen molar-refractivity contribution in [2.75, 3.05) is 5.32 Å². The zero-order valence-electron chi connectivity index (χ0n) is 9.50. The van der Waals surface area contributed by atoms with Gasteiger partial charge >= 0.3 is 5.69 Å². The monoisotopic (exact) mass is 267 g/mol. The second-order valence-corrected chi connectivity index (χ2v) is 3.99. The van der Waals surface area contributed by atoms with Crippen LogP contribution in [0.2, 0.25) is 5.02 Å². The molecule has 0 atom stereocenters. The van der Waals surface area contributed by atoms with Crippen molar-refractivity contribution in [1.29, 1.82) is 0 Å². The third-order valence-electron chi connectivity index (χ3n) is 2.42. The molecule has 2 heterocycles. The fourth-order valence-electron chi connectivity index (χ4n) is 1.47. The molecule has 2 rings (SSSR count). The third kappa shape index (κ3) is 2.40. The van der Waals surface area contributed by atoms with Crippen molar-refractivity contribution in [3.63, 3.8) is 0 Å². The molecule has 2 aromatic rings. The second-order valence-electron chi connectivity index (χ2n) is 3.58. The number of hydrogen-bond acceptors (Lipinski definition) is 5. The van der Waals surface area contributed by atoms with Gasteiger partial charge in [-0.05, 0) is 0 Å². The van der Waals surface area contributed by atoms with E-state index in [1.807, 2.05) is 11.6 Å². The Morgan fingerprint density at radius 1 is 1.56 bits per heavy atom. The Hall–Kier alpha value is -2.15. The first-order chi connectivity index (χ1) is 8.59. The number of hydrogen-bond donors (Lipinski definition) is 1. The second kappa shape index (κ2) is 5.01. The zero-order valence-corrected chi connectivity index (χ0v) is 10.3. The topological polar surface area (TPSA) is 85.9 Å². The Balaban J connectivity index is 2.24. The van der Waals surface area contributed by atoms with Gasteiger partial charge in [-0.2, -0.15) is 0 Å². The number of pyridine rings is 1. The van der Waals surface area contributed by atoms with E-state index in [-0.39, 0.29) is 16.4 Å². The standard InChI is InChI=1S/C10H10ClN5O2/c1-15-3-2-13-9(15)6-14-10-7(11)4-12-5-8(10)16(17)18/h2-5H,6H2,1H3,(H,12,14). The van der Waals surface area contributed by atoms with E-state index >= 15 is 0 Å². The van der Waals surface area contributed by atoms with E-state index < -0.39 is 4.92 Å². The van der Waals surface area contributed by atoms with Gasteiger partial charge < -0.3 is 9.88 Å². The average molecular weight is 268 g/mol. The maximum absolute atomic E-state index is 10.8. The molecule has 0 fully saturated rings. The minimum Gasteiger partial charge on any atom is -0.371 e. The van der Waals surface area contributed by atoms with Crippen LogP contribution in [0, 0.1) is 10.1 Å². The van der Waals surface area contributed by atoms with Crippen LogP contribution < -0.4 is 5.32 Å². The molecular formula is C10H10ClN5O2. The molecular weight excluding hydrogens is 258 g/mol. The van der Waals surface area contributed by atoms with Gasteiger partial charge in [0.25, 0.3) is 0 Å². The van der Waals surface area contributed by atoms with Gasteiger partial charge in [-0.3, -0.25) is 15.1 Å². The van der Waals surface area contributed by atoms with Crippen molar-refractivity contribution in [2.24, 2.45) is 7.05 Å². The normalized spacial score (nSPS) is 10.3. The summed E-state index contributed by atoms with van der Waals surface area (Å²) >= 11 is 5.90. The molecule has 0 spiro atoms. The van der Waals surface area contributed by atoms with E-state index in [0.29, 0.717) is 6.54 Å². The van der Waals surface area contributed by atoms with Gasteiger partial charge in [-0.15, -0.1) is 0 Å². The number of aryl methyl sites for hydroxylation is 1. The van der Waals surface area contributed by atoms with Crippen LogP contribution in [0.3, 0.4) is 0 Å². The molecule has 0 bridgehead atoms. The quantitative estimate of drug-likeness (QED) is 0.676. The largest absolute Gasteiger partial charge is 0.371 e. The Kier molecular flexibility index (Phi) is 3.42. The lowest BCUT2D eigenvalue weighted by atomic mass is 10.3. The van der Waals surface area contributed by atoms with Crippen LogP contribution in [0.15, 0.2) is 24.8 Å². The molecule has 8 heteroatoms. The Morgan fingerprint density at radius 2 is 2.33 bits per heavy atom. The van der Waals surface area contributed by atoms with E-state index in [2.05, 4.69) is 15.3 Å². The minimum absolute atomic E-state index is 0.156. The number of halogens is 1. The van der Waals surface area contributed by atoms with Crippen LogP contribution in [0.25, 0.3) is 0 Å². The van der Waals surface area contributed by atoms with Gasteiger partial charge in [0.05, 0.1) is 16.5 Å². The summed E-state index contributed by atoms with van der Waals surface area (Å²) in [5.74, 6) is 0.747. The number of aromatic nitrogens is 3. The van der Waals surface area contributed by atoms with Crippen LogP contribution in [0.1, 0.15) is 5.82 Å². The van der Waals surface area contributed by atoms with Gasteiger partial charge in [-0.25, -0.2) is 4.98 Å². The van der Waals surface area contributed by atoms with Crippen molar-refractivity contribution in [1.82, 2.24) is 14.5 Å². The van der Waals surface area contributed by atoms with Crippen molar-refractivity contribution >= 4 is 23.0 Å². The first-order valence-electron chi connectivity index (χ1n) is 5.07. The Morgan fingerprint density at radius 3 is 2.94 bits per heavy atom. The summed E-state index contributed by atoms with van der Waals surface area (Å²) in [4.78, 5) is 18.1. The van der Waals surface area contributed by atoms with Crippen molar-refractivity contribution in [3.05, 3.63) is 45.7 Å². The van der Waals surface area contributed by atoms with Crippen LogP contribution in [0.4, 0.5) is 11.4 Å². The third-order valence-corrected chi connectivity index (χ3v) is 2.71. The lowest BCUT2D eigenvalue weighted by Gasteiger charge is -2.08. The molecule has 1 N–H and O–H groups in total. The summed E-state index contributed by atoms with van der Waals surface area (Å²) < 4.78 is 1.81. The van der Waals surface area contributed by atoms with Crippen molar-refractivity contribution < 1.29 is 4.92 Å². The van der Waals surface area contributed by atoms with E-state index in [1.165, 1.54) is 6.20 Å². The molecule has 0 radical (unpaired) electrons. The van der Waals surface area contributed by atoms with Crippen LogP contribution in [0.5, 0.6) is 0 Å². The van der Waals surface area contributed by atoms with Gasteiger partial charge in [0.1, 0.15) is 17.7 Å². The Bertz CT molecular complexity index is 583. The number of anilines is 1. The molecule has 2 aromatic heterocycles.